The summed E-state index contributed by atoms with van der Waals surface area (Å²) in [6.07, 6.45) is 1.48. The van der Waals surface area contributed by atoms with Crippen molar-refractivity contribution in [2.75, 3.05) is 14.2 Å². The molecule has 0 spiro atoms. The van der Waals surface area contributed by atoms with Gasteiger partial charge in [-0.05, 0) is 19.1 Å². The van der Waals surface area contributed by atoms with Gasteiger partial charge in [-0.25, -0.2) is 4.79 Å². The first kappa shape index (κ1) is 15.1. The Hall–Kier alpha value is -2.27. The number of esters is 1. The molecule has 112 valence electrons. The summed E-state index contributed by atoms with van der Waals surface area (Å²) >= 11 is 0. The third-order valence-electron chi connectivity index (χ3n) is 3.32. The predicted molar refractivity (Wildman–Crippen MR) is 78.3 cm³/mol. The molecule has 0 aliphatic rings. The van der Waals surface area contributed by atoms with Crippen molar-refractivity contribution in [3.63, 3.8) is 0 Å². The van der Waals surface area contributed by atoms with Gasteiger partial charge in [0.25, 0.3) is 0 Å². The van der Waals surface area contributed by atoms with E-state index in [0.717, 1.165) is 16.9 Å². The lowest BCUT2D eigenvalue weighted by atomic mass is 10.1. The topological polar surface area (TPSA) is 60.7 Å². The molecule has 2 rings (SSSR count). The molecule has 1 atom stereocenters. The van der Waals surface area contributed by atoms with Crippen LogP contribution in [0.1, 0.15) is 34.6 Å². The zero-order valence-electron chi connectivity index (χ0n) is 12.4. The highest BCUT2D eigenvalue weighted by molar-refractivity contribution is 5.87. The molecule has 0 aliphatic heterocycles. The normalized spacial score (nSPS) is 12.0. The van der Waals surface area contributed by atoms with Crippen LogP contribution in [-0.4, -0.2) is 20.2 Å². The van der Waals surface area contributed by atoms with E-state index in [1.807, 2.05) is 31.2 Å². The SMILES string of the molecule is COC(=O)c1occc1CN[C@@H](C)c1ccccc1OC. The molecule has 5 heteroatoms. The minimum Gasteiger partial charge on any atom is -0.496 e. The fourth-order valence-corrected chi connectivity index (χ4v) is 2.14. The Morgan fingerprint density at radius 3 is 2.76 bits per heavy atom. The molecule has 1 N–H and O–H groups in total. The van der Waals surface area contributed by atoms with E-state index in [2.05, 4.69) is 10.1 Å². The van der Waals surface area contributed by atoms with E-state index < -0.39 is 5.97 Å². The predicted octanol–water partition coefficient (Wildman–Crippen LogP) is 2.93. The molecule has 0 saturated heterocycles. The Morgan fingerprint density at radius 2 is 2.05 bits per heavy atom. The molecule has 5 nitrogen and oxygen atoms in total. The van der Waals surface area contributed by atoms with E-state index in [0.29, 0.717) is 6.54 Å². The van der Waals surface area contributed by atoms with Crippen LogP contribution in [0.2, 0.25) is 0 Å². The Morgan fingerprint density at radius 1 is 1.29 bits per heavy atom. The van der Waals surface area contributed by atoms with Gasteiger partial charge in [0.15, 0.2) is 0 Å². The summed E-state index contributed by atoms with van der Waals surface area (Å²) in [5.74, 6) is 0.594. The molecule has 0 aliphatic carbocycles. The van der Waals surface area contributed by atoms with Gasteiger partial charge in [-0.3, -0.25) is 0 Å². The Kier molecular flexibility index (Phi) is 5.00. The smallest absolute Gasteiger partial charge is 0.374 e. The first-order chi connectivity index (χ1) is 10.2. The van der Waals surface area contributed by atoms with Crippen molar-refractivity contribution in [2.24, 2.45) is 0 Å². The van der Waals surface area contributed by atoms with Crippen LogP contribution in [0.4, 0.5) is 0 Å². The molecule has 2 aromatic rings. The number of furan rings is 1. The van der Waals surface area contributed by atoms with E-state index in [-0.39, 0.29) is 11.8 Å². The first-order valence-corrected chi connectivity index (χ1v) is 6.68. The summed E-state index contributed by atoms with van der Waals surface area (Å²) < 4.78 is 15.2. The zero-order chi connectivity index (χ0) is 15.2. The van der Waals surface area contributed by atoms with Gasteiger partial charge in [0.1, 0.15) is 5.75 Å². The molecule has 1 aromatic heterocycles. The number of benzene rings is 1. The molecule has 1 aromatic carbocycles. The van der Waals surface area contributed by atoms with Gasteiger partial charge < -0.3 is 19.2 Å². The van der Waals surface area contributed by atoms with Gasteiger partial charge >= 0.3 is 5.97 Å². The number of ether oxygens (including phenoxy) is 2. The van der Waals surface area contributed by atoms with Crippen molar-refractivity contribution >= 4 is 5.97 Å². The number of para-hydroxylation sites is 1. The van der Waals surface area contributed by atoms with Crippen LogP contribution in [-0.2, 0) is 11.3 Å². The minimum atomic E-state index is -0.471. The summed E-state index contributed by atoms with van der Waals surface area (Å²) in [5.41, 5.74) is 1.83. The van der Waals surface area contributed by atoms with Crippen LogP contribution in [0.3, 0.4) is 0 Å². The second-order valence-corrected chi connectivity index (χ2v) is 4.61. The van der Waals surface area contributed by atoms with Gasteiger partial charge in [-0.15, -0.1) is 0 Å². The van der Waals surface area contributed by atoms with Crippen molar-refractivity contribution in [3.05, 3.63) is 53.5 Å². The van der Waals surface area contributed by atoms with Gasteiger partial charge in [-0.2, -0.15) is 0 Å². The summed E-state index contributed by atoms with van der Waals surface area (Å²) in [5, 5.41) is 3.35. The van der Waals surface area contributed by atoms with Crippen molar-refractivity contribution in [1.29, 1.82) is 0 Å². The average Bonchev–Trinajstić information content (AvgIpc) is 3.00. The van der Waals surface area contributed by atoms with Crippen LogP contribution in [0, 0.1) is 0 Å². The second kappa shape index (κ2) is 6.95. The van der Waals surface area contributed by atoms with Crippen LogP contribution in [0.25, 0.3) is 0 Å². The summed E-state index contributed by atoms with van der Waals surface area (Å²) in [6.45, 7) is 2.54. The fourth-order valence-electron chi connectivity index (χ4n) is 2.14. The molecule has 0 fully saturated rings. The van der Waals surface area contributed by atoms with E-state index in [1.165, 1.54) is 13.4 Å². The number of nitrogens with one attached hydrogen (secondary N) is 1. The summed E-state index contributed by atoms with van der Waals surface area (Å²) in [4.78, 5) is 11.5. The number of methoxy groups -OCH3 is 2. The molecule has 0 unspecified atom stereocenters. The highest BCUT2D eigenvalue weighted by atomic mass is 16.5. The van der Waals surface area contributed by atoms with E-state index in [4.69, 9.17) is 9.15 Å². The Labute approximate surface area is 123 Å². The maximum Gasteiger partial charge on any atom is 0.374 e. The highest BCUT2D eigenvalue weighted by Crippen LogP contribution is 2.24. The van der Waals surface area contributed by atoms with E-state index in [1.54, 1.807) is 13.2 Å². The molecular formula is C16H19NO4. The Bertz CT molecular complexity index is 606. The van der Waals surface area contributed by atoms with Crippen LogP contribution in [0.5, 0.6) is 5.75 Å². The molecule has 21 heavy (non-hydrogen) atoms. The number of hydrogen-bond acceptors (Lipinski definition) is 5. The standard InChI is InChI=1S/C16H19NO4/c1-11(13-6-4-5-7-14(13)19-2)17-10-12-8-9-21-15(12)16(18)20-3/h4-9,11,17H,10H2,1-3H3/t11-/m0/s1. The monoisotopic (exact) mass is 289 g/mol. The third kappa shape index (κ3) is 3.44. The van der Waals surface area contributed by atoms with Crippen molar-refractivity contribution in [1.82, 2.24) is 5.32 Å². The molecule has 0 bridgehead atoms. The molecule has 0 saturated carbocycles. The third-order valence-corrected chi connectivity index (χ3v) is 3.32. The van der Waals surface area contributed by atoms with Gasteiger partial charge in [0.05, 0.1) is 20.5 Å². The fraction of sp³-hybridized carbons (Fsp3) is 0.312. The largest absolute Gasteiger partial charge is 0.496 e. The van der Waals surface area contributed by atoms with Crippen LogP contribution >= 0.6 is 0 Å². The first-order valence-electron chi connectivity index (χ1n) is 6.68. The molecule has 0 amide bonds. The lowest BCUT2D eigenvalue weighted by Gasteiger charge is -2.17. The highest BCUT2D eigenvalue weighted by Gasteiger charge is 2.17. The zero-order valence-corrected chi connectivity index (χ0v) is 12.4. The quantitative estimate of drug-likeness (QED) is 0.828. The van der Waals surface area contributed by atoms with E-state index >= 15 is 0 Å². The minimum absolute atomic E-state index is 0.0709. The summed E-state index contributed by atoms with van der Waals surface area (Å²) in [6, 6.07) is 9.65. The lowest BCUT2D eigenvalue weighted by Crippen LogP contribution is -2.19. The maximum atomic E-state index is 11.5. The maximum absolute atomic E-state index is 11.5. The van der Waals surface area contributed by atoms with Crippen LogP contribution in [0.15, 0.2) is 41.0 Å². The molecule has 0 radical (unpaired) electrons. The van der Waals surface area contributed by atoms with E-state index in [9.17, 15) is 4.79 Å². The van der Waals surface area contributed by atoms with Crippen molar-refractivity contribution < 1.29 is 18.7 Å². The van der Waals surface area contributed by atoms with Gasteiger partial charge in [0, 0.05) is 23.7 Å². The molecular weight excluding hydrogens is 270 g/mol. The van der Waals surface area contributed by atoms with Crippen molar-refractivity contribution in [2.45, 2.75) is 19.5 Å². The number of rotatable bonds is 6. The van der Waals surface area contributed by atoms with Gasteiger partial charge in [0.2, 0.25) is 5.76 Å². The molecule has 1 heterocycles. The van der Waals surface area contributed by atoms with Gasteiger partial charge in [-0.1, -0.05) is 18.2 Å². The summed E-state index contributed by atoms with van der Waals surface area (Å²) in [7, 11) is 2.98. The Balaban J connectivity index is 2.06. The second-order valence-electron chi connectivity index (χ2n) is 4.61. The lowest BCUT2D eigenvalue weighted by molar-refractivity contribution is 0.0563. The van der Waals surface area contributed by atoms with Crippen molar-refractivity contribution in [3.8, 4) is 5.75 Å². The number of carbonyl (C=O) groups is 1. The average molecular weight is 289 g/mol. The number of carbonyl (C=O) groups excluding carboxylic acids is 1. The number of hydrogen-bond donors (Lipinski definition) is 1. The van der Waals surface area contributed by atoms with Crippen LogP contribution < -0.4 is 10.1 Å².